The van der Waals surface area contributed by atoms with Gasteiger partial charge < -0.3 is 0 Å². The van der Waals surface area contributed by atoms with Crippen LogP contribution in [0.2, 0.25) is 5.02 Å². The maximum atomic E-state index is 13.0. The number of hydrazone groups is 1. The number of aliphatic imine (C=N–C) groups is 1. The number of likely N-dealkylation sites (N-methyl/N-ethyl adjacent to an activating group) is 1. The van der Waals surface area contributed by atoms with E-state index >= 15 is 0 Å². The molecule has 5 rings (SSSR count). The van der Waals surface area contributed by atoms with Crippen LogP contribution in [-0.4, -0.2) is 41.8 Å². The minimum Gasteiger partial charge on any atom is -0.291 e. The monoisotopic (exact) mass is 468 g/mol. The van der Waals surface area contributed by atoms with E-state index in [4.69, 9.17) is 21.7 Å². The van der Waals surface area contributed by atoms with E-state index in [2.05, 4.69) is 11.4 Å². The summed E-state index contributed by atoms with van der Waals surface area (Å²) in [4.78, 5) is 19.9. The van der Waals surface area contributed by atoms with Gasteiger partial charge in [-0.25, -0.2) is 0 Å². The van der Waals surface area contributed by atoms with E-state index in [1.807, 2.05) is 71.4 Å². The summed E-state index contributed by atoms with van der Waals surface area (Å²) < 4.78 is 0. The van der Waals surface area contributed by atoms with E-state index in [0.29, 0.717) is 40.9 Å². The highest BCUT2D eigenvalue weighted by molar-refractivity contribution is 6.36. The van der Waals surface area contributed by atoms with E-state index < -0.39 is 0 Å². The number of guanidine groups is 1. The number of halogens is 1. The van der Waals surface area contributed by atoms with Gasteiger partial charge in [0.05, 0.1) is 29.6 Å². The Bertz CT molecular complexity index is 1360. The van der Waals surface area contributed by atoms with Crippen molar-refractivity contribution in [3.05, 3.63) is 100 Å². The minimum atomic E-state index is -0.247. The lowest BCUT2D eigenvalue weighted by Gasteiger charge is -2.29. The molecule has 1 unspecified atom stereocenters. The fourth-order valence-corrected chi connectivity index (χ4v) is 4.46. The topological polar surface area (TPSA) is 84.1 Å². The first-order chi connectivity index (χ1) is 16.6. The van der Waals surface area contributed by atoms with E-state index in [9.17, 15) is 10.1 Å². The molecule has 2 heterocycles. The lowest BCUT2D eigenvalue weighted by molar-refractivity contribution is 0.0976. The Hall–Kier alpha value is -4.15. The Morgan fingerprint density at radius 1 is 1.12 bits per heavy atom. The molecule has 7 nitrogen and oxygen atoms in total. The van der Waals surface area contributed by atoms with Crippen LogP contribution in [0.1, 0.15) is 34.0 Å². The second kappa shape index (κ2) is 9.00. The third-order valence-electron chi connectivity index (χ3n) is 5.86. The van der Waals surface area contributed by atoms with Crippen LogP contribution in [0.25, 0.3) is 0 Å². The van der Waals surface area contributed by atoms with E-state index in [0.717, 1.165) is 16.8 Å². The summed E-state index contributed by atoms with van der Waals surface area (Å²) in [5.41, 5.74) is 4.10. The van der Waals surface area contributed by atoms with E-state index in [-0.39, 0.29) is 12.1 Å². The van der Waals surface area contributed by atoms with Crippen molar-refractivity contribution in [2.45, 2.75) is 13.1 Å². The standard InChI is InChI=1S/C26H21ClN6O/c1-2-32-23-16-29-24(19-10-6-7-11-21(19)27)20-14-17(15-28)12-13-22(20)33(23)26(31-32)30-25(34)18-8-4-3-5-9-18/h3-14,23H,2,16H2,1H3,(H,30,31,34). The number of nitrogens with one attached hydrogen (secondary N) is 1. The highest BCUT2D eigenvalue weighted by Gasteiger charge is 2.39. The summed E-state index contributed by atoms with van der Waals surface area (Å²) in [5, 5.41) is 19.7. The average molecular weight is 469 g/mol. The number of rotatable bonds is 3. The molecule has 0 spiro atoms. The van der Waals surface area contributed by atoms with Crippen molar-refractivity contribution < 1.29 is 4.79 Å². The van der Waals surface area contributed by atoms with Crippen LogP contribution in [0.15, 0.2) is 82.9 Å². The van der Waals surface area contributed by atoms with Gasteiger partial charge in [0.25, 0.3) is 5.91 Å². The molecule has 0 bridgehead atoms. The van der Waals surface area contributed by atoms with Crippen LogP contribution in [0.4, 0.5) is 5.69 Å². The summed E-state index contributed by atoms with van der Waals surface area (Å²) in [5.74, 6) is 0.171. The minimum absolute atomic E-state index is 0.234. The van der Waals surface area contributed by atoms with Crippen molar-refractivity contribution in [2.75, 3.05) is 18.0 Å². The molecule has 1 atom stereocenters. The molecule has 3 aromatic rings. The van der Waals surface area contributed by atoms with Gasteiger partial charge >= 0.3 is 0 Å². The molecule has 0 saturated heterocycles. The van der Waals surface area contributed by atoms with Crippen LogP contribution in [0.5, 0.6) is 0 Å². The second-order valence-corrected chi connectivity index (χ2v) is 8.27. The molecule has 1 amide bonds. The van der Waals surface area contributed by atoms with Gasteiger partial charge in [-0.2, -0.15) is 5.26 Å². The molecule has 8 heteroatoms. The third kappa shape index (κ3) is 3.78. The first kappa shape index (κ1) is 21.7. The molecule has 1 N–H and O–H groups in total. The van der Waals surface area contributed by atoms with E-state index in [1.165, 1.54) is 0 Å². The highest BCUT2D eigenvalue weighted by Crippen LogP contribution is 2.34. The first-order valence-corrected chi connectivity index (χ1v) is 11.3. The van der Waals surface area contributed by atoms with Gasteiger partial charge in [0.2, 0.25) is 5.96 Å². The molecular formula is C26H21ClN6O. The summed E-state index contributed by atoms with van der Waals surface area (Å²) in [6.45, 7) is 3.04. The lowest BCUT2D eigenvalue weighted by Crippen LogP contribution is -2.49. The lowest BCUT2D eigenvalue weighted by atomic mass is 9.98. The van der Waals surface area contributed by atoms with Crippen LogP contribution in [-0.2, 0) is 0 Å². The number of benzene rings is 3. The van der Waals surface area contributed by atoms with Gasteiger partial charge in [0.1, 0.15) is 6.17 Å². The van der Waals surface area contributed by atoms with Crippen molar-refractivity contribution in [3.8, 4) is 6.07 Å². The van der Waals surface area contributed by atoms with Gasteiger partial charge in [-0.3, -0.25) is 25.0 Å². The van der Waals surface area contributed by atoms with Crippen LogP contribution >= 0.6 is 11.6 Å². The summed E-state index contributed by atoms with van der Waals surface area (Å²) in [6, 6.07) is 24.2. The molecule has 0 saturated carbocycles. The second-order valence-electron chi connectivity index (χ2n) is 7.86. The number of fused-ring (bicyclic) bond motifs is 3. The Morgan fingerprint density at radius 3 is 2.62 bits per heavy atom. The van der Waals surface area contributed by atoms with Gasteiger partial charge in [-0.1, -0.05) is 48.0 Å². The van der Waals surface area contributed by atoms with Crippen LogP contribution < -0.4 is 10.2 Å². The molecule has 3 aromatic carbocycles. The van der Waals surface area contributed by atoms with Crippen molar-refractivity contribution in [1.82, 2.24) is 10.3 Å². The van der Waals surface area contributed by atoms with Crippen molar-refractivity contribution in [2.24, 2.45) is 10.1 Å². The predicted molar refractivity (Wildman–Crippen MR) is 133 cm³/mol. The van der Waals surface area contributed by atoms with Gasteiger partial charge in [-0.15, -0.1) is 5.10 Å². The fourth-order valence-electron chi connectivity index (χ4n) is 4.24. The Labute approximate surface area is 202 Å². The number of hydrogen-bond donors (Lipinski definition) is 1. The van der Waals surface area contributed by atoms with Crippen LogP contribution in [0, 0.1) is 11.3 Å². The summed E-state index contributed by atoms with van der Waals surface area (Å²) in [6.07, 6.45) is -0.234. The average Bonchev–Trinajstić information content (AvgIpc) is 3.12. The SMILES string of the molecule is CCN1N=C(NC(=O)c2ccccc2)N2c3ccc(C#N)cc3C(c3ccccc3Cl)=NCC12. The zero-order valence-electron chi connectivity index (χ0n) is 18.4. The molecule has 0 radical (unpaired) electrons. The number of nitrogens with zero attached hydrogens (tertiary/aromatic N) is 5. The Morgan fingerprint density at radius 2 is 1.88 bits per heavy atom. The maximum absolute atomic E-state index is 13.0. The number of anilines is 1. The number of amides is 1. The van der Waals surface area contributed by atoms with Crippen molar-refractivity contribution >= 4 is 34.9 Å². The molecule has 2 aliphatic rings. The molecule has 2 aliphatic heterocycles. The number of carbonyl (C=O) groups excluding carboxylic acids is 1. The molecule has 0 aromatic heterocycles. The van der Waals surface area contributed by atoms with Gasteiger partial charge in [0, 0.05) is 28.3 Å². The molecule has 34 heavy (non-hydrogen) atoms. The first-order valence-electron chi connectivity index (χ1n) is 11.0. The highest BCUT2D eigenvalue weighted by atomic mass is 35.5. The largest absolute Gasteiger partial charge is 0.291 e. The normalized spacial score (nSPS) is 16.6. The van der Waals surface area contributed by atoms with E-state index in [1.54, 1.807) is 18.2 Å². The number of nitriles is 1. The van der Waals surface area contributed by atoms with Gasteiger partial charge in [-0.05, 0) is 43.3 Å². The molecule has 0 aliphatic carbocycles. The predicted octanol–water partition coefficient (Wildman–Crippen LogP) is 4.23. The summed E-state index contributed by atoms with van der Waals surface area (Å²) >= 11 is 6.54. The van der Waals surface area contributed by atoms with Gasteiger partial charge in [0.15, 0.2) is 0 Å². The Kier molecular flexibility index (Phi) is 5.74. The Balaban J connectivity index is 1.62. The fraction of sp³-hybridized carbons (Fsp3) is 0.154. The zero-order chi connectivity index (χ0) is 23.7. The van der Waals surface area contributed by atoms with Crippen molar-refractivity contribution in [3.63, 3.8) is 0 Å². The molecular weight excluding hydrogens is 448 g/mol. The number of carbonyl (C=O) groups is 1. The number of hydrogen-bond acceptors (Lipinski definition) is 6. The quantitative estimate of drug-likeness (QED) is 0.623. The molecule has 0 fully saturated rings. The maximum Gasteiger partial charge on any atom is 0.258 e. The smallest absolute Gasteiger partial charge is 0.258 e. The molecule has 168 valence electrons. The third-order valence-corrected chi connectivity index (χ3v) is 6.19. The summed E-state index contributed by atoms with van der Waals surface area (Å²) in [7, 11) is 0. The van der Waals surface area contributed by atoms with Crippen molar-refractivity contribution in [1.29, 1.82) is 5.26 Å². The zero-order valence-corrected chi connectivity index (χ0v) is 19.2. The van der Waals surface area contributed by atoms with Crippen LogP contribution in [0.3, 0.4) is 0 Å².